The summed E-state index contributed by atoms with van der Waals surface area (Å²) in [4.78, 5) is 39.8. The second-order valence-corrected chi connectivity index (χ2v) is 9.85. The van der Waals surface area contributed by atoms with Crippen LogP contribution in [0.1, 0.15) is 44.2 Å². The zero-order chi connectivity index (χ0) is 24.6. The van der Waals surface area contributed by atoms with Gasteiger partial charge in [-0.25, -0.2) is 9.69 Å². The topological polar surface area (TPSA) is 109 Å². The minimum Gasteiger partial charge on any atom is -0.449 e. The Bertz CT molecular complexity index is 1140. The molecule has 11 heteroatoms. The lowest BCUT2D eigenvalue weighted by molar-refractivity contribution is -0.138. The van der Waals surface area contributed by atoms with Gasteiger partial charge in [0.25, 0.3) is 0 Å². The van der Waals surface area contributed by atoms with Crippen molar-refractivity contribution in [3.05, 3.63) is 29.3 Å². The van der Waals surface area contributed by atoms with Crippen molar-refractivity contribution in [3.8, 4) is 6.07 Å². The molecule has 4 fully saturated rings. The Hall–Kier alpha value is -3.13. The van der Waals surface area contributed by atoms with Gasteiger partial charge >= 0.3 is 12.3 Å². The largest absolute Gasteiger partial charge is 0.449 e. The zero-order valence-corrected chi connectivity index (χ0v) is 18.4. The Morgan fingerprint density at radius 2 is 1.94 bits per heavy atom. The van der Waals surface area contributed by atoms with Gasteiger partial charge in [0, 0.05) is 6.42 Å². The van der Waals surface area contributed by atoms with Gasteiger partial charge < -0.3 is 14.8 Å². The molecule has 1 N–H and O–H groups in total. The molecule has 2 bridgehead atoms. The zero-order valence-electron chi connectivity index (χ0n) is 18.4. The lowest BCUT2D eigenvalue weighted by atomic mass is 9.66. The first-order valence-electron chi connectivity index (χ1n) is 11.0. The summed E-state index contributed by atoms with van der Waals surface area (Å²) >= 11 is 0. The molecule has 3 amide bonds. The number of nitrogens with zero attached hydrogens (tertiary/aromatic N) is 2. The van der Waals surface area contributed by atoms with Crippen LogP contribution in [0.2, 0.25) is 0 Å². The molecule has 5 rings (SSSR count). The van der Waals surface area contributed by atoms with E-state index in [4.69, 9.17) is 14.7 Å². The van der Waals surface area contributed by atoms with Crippen molar-refractivity contribution < 1.29 is 37.0 Å². The fourth-order valence-corrected chi connectivity index (χ4v) is 5.67. The van der Waals surface area contributed by atoms with E-state index < -0.39 is 64.3 Å². The van der Waals surface area contributed by atoms with Crippen LogP contribution < -0.4 is 10.2 Å². The number of amides is 3. The predicted molar refractivity (Wildman–Crippen MR) is 109 cm³/mol. The summed E-state index contributed by atoms with van der Waals surface area (Å²) < 4.78 is 51.8. The van der Waals surface area contributed by atoms with E-state index in [0.717, 1.165) is 29.9 Å². The number of ether oxygens (including phenoxy) is 2. The van der Waals surface area contributed by atoms with E-state index in [9.17, 15) is 27.6 Å². The number of nitriles is 1. The molecule has 5 atom stereocenters. The number of hydrogen-bond acceptors (Lipinski definition) is 6. The molecule has 1 aliphatic carbocycles. The number of benzene rings is 1. The molecule has 0 radical (unpaired) electrons. The van der Waals surface area contributed by atoms with Gasteiger partial charge in [-0.05, 0) is 50.8 Å². The highest BCUT2D eigenvalue weighted by molar-refractivity contribution is 6.23. The quantitative estimate of drug-likeness (QED) is 0.668. The minimum atomic E-state index is -4.83. The number of hydrogen-bond donors (Lipinski definition) is 1. The highest BCUT2D eigenvalue weighted by atomic mass is 19.4. The summed E-state index contributed by atoms with van der Waals surface area (Å²) in [6, 6.07) is 3.61. The van der Waals surface area contributed by atoms with E-state index in [-0.39, 0.29) is 12.1 Å². The van der Waals surface area contributed by atoms with Crippen LogP contribution in [0.5, 0.6) is 0 Å². The summed E-state index contributed by atoms with van der Waals surface area (Å²) in [5.74, 6) is -2.88. The molecular weight excluding hydrogens is 455 g/mol. The van der Waals surface area contributed by atoms with E-state index in [1.165, 1.54) is 6.07 Å². The molecule has 180 valence electrons. The summed E-state index contributed by atoms with van der Waals surface area (Å²) in [5.41, 5.74) is -4.41. The van der Waals surface area contributed by atoms with Crippen molar-refractivity contribution >= 4 is 23.6 Å². The number of fused-ring (bicyclic) bond motifs is 5. The minimum absolute atomic E-state index is 0.247. The average Bonchev–Trinajstić information content (AvgIpc) is 3.43. The standard InChI is InChI=1S/C23H22F3N3O5/c1-21-8-15(28-20(32)33-10-11-3-4-11)22(2,34-21)17-16(21)18(30)29(19(17)31)13-6-5-12(9-27)14(7-13)23(24,25)26/h5-7,11,15-17H,3-4,8,10H2,1-2H3,(H,28,32)/t15-,16-,17+,21+,22+/m0/s1. The lowest BCUT2D eigenvalue weighted by Gasteiger charge is -2.35. The van der Waals surface area contributed by atoms with Crippen molar-refractivity contribution in [2.24, 2.45) is 17.8 Å². The van der Waals surface area contributed by atoms with Crippen LogP contribution in [0.3, 0.4) is 0 Å². The van der Waals surface area contributed by atoms with Crippen LogP contribution in [-0.4, -0.2) is 41.8 Å². The molecule has 4 aliphatic rings. The maximum Gasteiger partial charge on any atom is 0.417 e. The smallest absolute Gasteiger partial charge is 0.417 e. The fraction of sp³-hybridized carbons (Fsp3) is 0.565. The van der Waals surface area contributed by atoms with Crippen LogP contribution in [-0.2, 0) is 25.2 Å². The van der Waals surface area contributed by atoms with Gasteiger partial charge in [0.1, 0.15) is 0 Å². The maximum atomic E-state index is 13.5. The van der Waals surface area contributed by atoms with Crippen LogP contribution >= 0.6 is 0 Å². The molecule has 3 aliphatic heterocycles. The van der Waals surface area contributed by atoms with E-state index in [0.29, 0.717) is 18.6 Å². The van der Waals surface area contributed by atoms with Crippen molar-refractivity contribution in [2.75, 3.05) is 11.5 Å². The molecule has 0 unspecified atom stereocenters. The van der Waals surface area contributed by atoms with Crippen LogP contribution in [0, 0.1) is 29.1 Å². The molecule has 1 saturated carbocycles. The van der Waals surface area contributed by atoms with Gasteiger partial charge in [0.15, 0.2) is 0 Å². The molecule has 3 saturated heterocycles. The first kappa shape index (κ1) is 22.7. The summed E-state index contributed by atoms with van der Waals surface area (Å²) in [6.07, 6.45) is -3.20. The van der Waals surface area contributed by atoms with Gasteiger partial charge in [-0.3, -0.25) is 9.59 Å². The molecule has 1 aromatic rings. The second kappa shape index (κ2) is 7.18. The van der Waals surface area contributed by atoms with Gasteiger partial charge in [0.05, 0.1) is 58.6 Å². The normalized spacial score (nSPS) is 34.2. The Morgan fingerprint density at radius 3 is 2.56 bits per heavy atom. The molecule has 0 aromatic heterocycles. The van der Waals surface area contributed by atoms with Crippen LogP contribution in [0.15, 0.2) is 18.2 Å². The van der Waals surface area contributed by atoms with Crippen molar-refractivity contribution in [2.45, 2.75) is 56.5 Å². The van der Waals surface area contributed by atoms with Crippen LogP contribution in [0.4, 0.5) is 23.7 Å². The highest BCUT2D eigenvalue weighted by Crippen LogP contribution is 2.61. The fourth-order valence-electron chi connectivity index (χ4n) is 5.67. The third-order valence-corrected chi connectivity index (χ3v) is 7.46. The number of carbonyl (C=O) groups is 3. The van der Waals surface area contributed by atoms with E-state index in [1.54, 1.807) is 13.8 Å². The van der Waals surface area contributed by atoms with Gasteiger partial charge in [-0.2, -0.15) is 18.4 Å². The number of rotatable bonds is 4. The number of carbonyl (C=O) groups excluding carboxylic acids is 3. The predicted octanol–water partition coefficient (Wildman–Crippen LogP) is 3.14. The maximum absolute atomic E-state index is 13.5. The number of imide groups is 1. The van der Waals surface area contributed by atoms with Gasteiger partial charge in [-0.1, -0.05) is 0 Å². The number of alkyl halides is 3. The van der Waals surface area contributed by atoms with Crippen molar-refractivity contribution in [1.82, 2.24) is 5.32 Å². The summed E-state index contributed by atoms with van der Waals surface area (Å²) in [7, 11) is 0. The molecule has 8 nitrogen and oxygen atoms in total. The first-order chi connectivity index (χ1) is 15.9. The monoisotopic (exact) mass is 477 g/mol. The number of alkyl carbamates (subject to hydrolysis) is 1. The number of nitrogens with one attached hydrogen (secondary N) is 1. The molecule has 0 spiro atoms. The first-order valence-corrected chi connectivity index (χ1v) is 11.0. The molecule has 1 aromatic carbocycles. The molecule has 34 heavy (non-hydrogen) atoms. The molecular formula is C23H22F3N3O5. The van der Waals surface area contributed by atoms with E-state index >= 15 is 0 Å². The van der Waals surface area contributed by atoms with Crippen molar-refractivity contribution in [3.63, 3.8) is 0 Å². The lowest BCUT2D eigenvalue weighted by Crippen LogP contribution is -2.56. The highest BCUT2D eigenvalue weighted by Gasteiger charge is 2.76. The Morgan fingerprint density at radius 1 is 1.26 bits per heavy atom. The Balaban J connectivity index is 1.44. The molecule has 3 heterocycles. The van der Waals surface area contributed by atoms with E-state index in [1.807, 2.05) is 0 Å². The Kier molecular flexibility index (Phi) is 4.79. The number of halogens is 3. The third-order valence-electron chi connectivity index (χ3n) is 7.46. The SMILES string of the molecule is C[C@@]12O[C@](C)(C[C@@H]1NC(=O)OCC1CC1)[C@@H]1C(=O)N(c3ccc(C#N)c(C(F)(F)F)c3)C(=O)[C@@H]12. The van der Waals surface area contributed by atoms with Crippen LogP contribution in [0.25, 0.3) is 0 Å². The average molecular weight is 477 g/mol. The van der Waals surface area contributed by atoms with Gasteiger partial charge in [0.2, 0.25) is 11.8 Å². The Labute approximate surface area is 193 Å². The van der Waals surface area contributed by atoms with Gasteiger partial charge in [-0.15, -0.1) is 0 Å². The number of anilines is 1. The van der Waals surface area contributed by atoms with Crippen molar-refractivity contribution in [1.29, 1.82) is 5.26 Å². The van der Waals surface area contributed by atoms with E-state index in [2.05, 4.69) is 5.32 Å². The summed E-state index contributed by atoms with van der Waals surface area (Å²) in [5, 5.41) is 11.8. The second-order valence-electron chi connectivity index (χ2n) is 9.85. The third kappa shape index (κ3) is 3.27. The summed E-state index contributed by atoms with van der Waals surface area (Å²) in [6.45, 7) is 3.61.